The van der Waals surface area contributed by atoms with Crippen molar-refractivity contribution in [3.63, 3.8) is 0 Å². The zero-order valence-electron chi connectivity index (χ0n) is 16.4. The molecular weight excluding hydrogens is 460 g/mol. The van der Waals surface area contributed by atoms with E-state index in [2.05, 4.69) is 80.1 Å². The highest BCUT2D eigenvalue weighted by Gasteiger charge is 2.05. The molecule has 0 bridgehead atoms. The van der Waals surface area contributed by atoms with Gasteiger partial charge in [-0.05, 0) is 42.4 Å². The summed E-state index contributed by atoms with van der Waals surface area (Å²) in [5.74, 6) is 0. The molecule has 0 aliphatic rings. The van der Waals surface area contributed by atoms with E-state index in [-0.39, 0.29) is 0 Å². The maximum absolute atomic E-state index is 5.42. The first-order valence-corrected chi connectivity index (χ1v) is 10.7. The molecule has 0 unspecified atom stereocenters. The van der Waals surface area contributed by atoms with Crippen LogP contribution in [0.1, 0.15) is 16.7 Å². The largest absolute Gasteiger partial charge is 0.330 e. The van der Waals surface area contributed by atoms with Gasteiger partial charge in [-0.2, -0.15) is 10.2 Å². The number of hydrogen-bond acceptors (Lipinski definition) is 3. The Balaban J connectivity index is 1.30. The maximum atomic E-state index is 5.42. The Morgan fingerprint density at radius 3 is 1.80 bits per heavy atom. The summed E-state index contributed by atoms with van der Waals surface area (Å²) in [5.41, 5.74) is 5.29. The molecule has 0 radical (unpaired) electrons. The van der Waals surface area contributed by atoms with Crippen molar-refractivity contribution in [2.45, 2.75) is 20.0 Å². The van der Waals surface area contributed by atoms with E-state index in [4.69, 9.17) is 12.2 Å². The molecule has 0 spiro atoms. The van der Waals surface area contributed by atoms with Crippen LogP contribution in [0.25, 0.3) is 0 Å². The topological polar surface area (TPSA) is 59.7 Å². The summed E-state index contributed by atoms with van der Waals surface area (Å²) in [6.07, 6.45) is 7.38. The van der Waals surface area contributed by atoms with Gasteiger partial charge in [0, 0.05) is 16.9 Å². The van der Waals surface area contributed by atoms with Crippen LogP contribution in [0.2, 0.25) is 0 Å². The molecule has 2 aromatic carbocycles. The van der Waals surface area contributed by atoms with E-state index in [0.29, 0.717) is 18.2 Å². The molecule has 8 heteroatoms. The van der Waals surface area contributed by atoms with Crippen molar-refractivity contribution in [3.8, 4) is 0 Å². The van der Waals surface area contributed by atoms with Gasteiger partial charge in [-0.25, -0.2) is 0 Å². The average Bonchev–Trinajstić information content (AvgIpc) is 3.35. The highest BCUT2D eigenvalue weighted by atomic mass is 79.9. The number of hydrogen-bond donors (Lipinski definition) is 2. The highest BCUT2D eigenvalue weighted by molar-refractivity contribution is 9.10. The number of benzene rings is 2. The number of aromatic nitrogens is 4. The van der Waals surface area contributed by atoms with Crippen molar-refractivity contribution in [1.82, 2.24) is 19.6 Å². The number of thiocarbonyl (C=S) groups is 1. The Labute approximate surface area is 189 Å². The molecule has 152 valence electrons. The Bertz CT molecular complexity index is 1040. The fourth-order valence-corrected chi connectivity index (χ4v) is 3.48. The van der Waals surface area contributed by atoms with Crippen molar-refractivity contribution in [2.24, 2.45) is 0 Å². The van der Waals surface area contributed by atoms with Crippen molar-refractivity contribution >= 4 is 44.6 Å². The zero-order valence-corrected chi connectivity index (χ0v) is 18.8. The molecular formula is C22H21BrN6S. The van der Waals surface area contributed by atoms with Crippen LogP contribution in [0.15, 0.2) is 77.8 Å². The number of aryl methyl sites for hydroxylation is 1. The van der Waals surface area contributed by atoms with Crippen molar-refractivity contribution in [1.29, 1.82) is 0 Å². The summed E-state index contributed by atoms with van der Waals surface area (Å²) in [6, 6.07) is 16.6. The second-order valence-electron chi connectivity index (χ2n) is 7.04. The minimum Gasteiger partial charge on any atom is -0.330 e. The summed E-state index contributed by atoms with van der Waals surface area (Å²) < 4.78 is 4.81. The van der Waals surface area contributed by atoms with Gasteiger partial charge >= 0.3 is 0 Å². The molecule has 6 nitrogen and oxygen atoms in total. The second-order valence-corrected chi connectivity index (χ2v) is 8.37. The van der Waals surface area contributed by atoms with E-state index in [1.54, 1.807) is 12.4 Å². The molecule has 0 saturated heterocycles. The van der Waals surface area contributed by atoms with Crippen molar-refractivity contribution < 1.29 is 0 Å². The number of nitrogens with zero attached hydrogens (tertiary/aromatic N) is 4. The lowest BCUT2D eigenvalue weighted by molar-refractivity contribution is 0.687. The van der Waals surface area contributed by atoms with Gasteiger partial charge in [-0.1, -0.05) is 57.9 Å². The molecule has 0 saturated carbocycles. The summed E-state index contributed by atoms with van der Waals surface area (Å²) >= 11 is 8.87. The lowest BCUT2D eigenvalue weighted by atomic mass is 10.1. The standard InChI is InChI=1S/C22H21BrN6S/c1-16-2-4-17(5-3-16)12-28-14-20(10-24-28)26-22(30)27-21-11-25-29(15-21)13-18-6-8-19(23)9-7-18/h2-11,14-15H,12-13H2,1H3,(H2,26,27,30). The fraction of sp³-hybridized carbons (Fsp3) is 0.136. The van der Waals surface area contributed by atoms with Crippen LogP contribution in [0, 0.1) is 6.92 Å². The quantitative estimate of drug-likeness (QED) is 0.377. The van der Waals surface area contributed by atoms with E-state index in [1.165, 1.54) is 16.7 Å². The van der Waals surface area contributed by atoms with E-state index in [9.17, 15) is 0 Å². The Hall–Kier alpha value is -2.97. The third-order valence-electron chi connectivity index (χ3n) is 4.51. The third kappa shape index (κ3) is 5.55. The minimum absolute atomic E-state index is 0.494. The van der Waals surface area contributed by atoms with E-state index in [0.717, 1.165) is 15.8 Å². The zero-order chi connectivity index (χ0) is 20.9. The van der Waals surface area contributed by atoms with Crippen LogP contribution in [-0.4, -0.2) is 24.7 Å². The summed E-state index contributed by atoms with van der Waals surface area (Å²) in [7, 11) is 0. The summed E-state index contributed by atoms with van der Waals surface area (Å²) in [6.45, 7) is 3.49. The Kier molecular flexibility index (Phi) is 6.25. The first-order valence-electron chi connectivity index (χ1n) is 9.46. The lowest BCUT2D eigenvalue weighted by Crippen LogP contribution is -2.18. The number of halogens is 1. The van der Waals surface area contributed by atoms with Crippen LogP contribution in [-0.2, 0) is 13.1 Å². The van der Waals surface area contributed by atoms with Gasteiger partial charge < -0.3 is 10.6 Å². The van der Waals surface area contributed by atoms with E-state index >= 15 is 0 Å². The van der Waals surface area contributed by atoms with Crippen LogP contribution >= 0.6 is 28.1 Å². The fourth-order valence-electron chi connectivity index (χ4n) is 2.98. The van der Waals surface area contributed by atoms with Crippen LogP contribution < -0.4 is 10.6 Å². The van der Waals surface area contributed by atoms with Crippen molar-refractivity contribution in [3.05, 3.63) is 94.5 Å². The second kappa shape index (κ2) is 9.23. The predicted octanol–water partition coefficient (Wildman–Crippen LogP) is 5.06. The molecule has 4 rings (SSSR count). The Morgan fingerprint density at radius 1 is 0.833 bits per heavy atom. The highest BCUT2D eigenvalue weighted by Crippen LogP contribution is 2.14. The molecule has 0 aliphatic carbocycles. The maximum Gasteiger partial charge on any atom is 0.175 e. The average molecular weight is 481 g/mol. The van der Waals surface area contributed by atoms with Gasteiger partial charge in [0.1, 0.15) is 0 Å². The van der Waals surface area contributed by atoms with Gasteiger partial charge in [0.05, 0.1) is 36.9 Å². The summed E-state index contributed by atoms with van der Waals surface area (Å²) in [5, 5.41) is 15.6. The van der Waals surface area contributed by atoms with Gasteiger partial charge in [0.2, 0.25) is 0 Å². The van der Waals surface area contributed by atoms with E-state index < -0.39 is 0 Å². The van der Waals surface area contributed by atoms with Gasteiger partial charge in [-0.3, -0.25) is 9.36 Å². The first-order chi connectivity index (χ1) is 14.5. The monoisotopic (exact) mass is 480 g/mol. The lowest BCUT2D eigenvalue weighted by Gasteiger charge is -2.07. The summed E-state index contributed by atoms with van der Waals surface area (Å²) in [4.78, 5) is 0. The Morgan fingerprint density at radius 2 is 1.30 bits per heavy atom. The molecule has 2 aromatic heterocycles. The number of nitrogens with one attached hydrogen (secondary N) is 2. The molecule has 2 heterocycles. The molecule has 0 aliphatic heterocycles. The SMILES string of the molecule is Cc1ccc(Cn2cc(NC(=S)Nc3cnn(Cc4ccc(Br)cc4)c3)cn2)cc1. The molecule has 0 atom stereocenters. The van der Waals surface area contributed by atoms with Crippen molar-refractivity contribution in [2.75, 3.05) is 10.6 Å². The molecule has 30 heavy (non-hydrogen) atoms. The van der Waals surface area contributed by atoms with Crippen LogP contribution in [0.5, 0.6) is 0 Å². The predicted molar refractivity (Wildman–Crippen MR) is 128 cm³/mol. The van der Waals surface area contributed by atoms with Gasteiger partial charge in [0.15, 0.2) is 5.11 Å². The third-order valence-corrected chi connectivity index (χ3v) is 5.24. The minimum atomic E-state index is 0.494. The smallest absolute Gasteiger partial charge is 0.175 e. The molecule has 0 amide bonds. The van der Waals surface area contributed by atoms with Crippen LogP contribution in [0.4, 0.5) is 11.4 Å². The number of anilines is 2. The van der Waals surface area contributed by atoms with Gasteiger partial charge in [-0.15, -0.1) is 0 Å². The normalized spacial score (nSPS) is 10.7. The van der Waals surface area contributed by atoms with E-state index in [1.807, 2.05) is 33.9 Å². The number of rotatable bonds is 6. The molecule has 2 N–H and O–H groups in total. The van der Waals surface area contributed by atoms with Crippen LogP contribution in [0.3, 0.4) is 0 Å². The van der Waals surface area contributed by atoms with Gasteiger partial charge in [0.25, 0.3) is 0 Å². The molecule has 4 aromatic rings. The first kappa shape index (κ1) is 20.3. The molecule has 0 fully saturated rings.